The molecular formula is C33H26NP. The van der Waals surface area contributed by atoms with Crippen molar-refractivity contribution in [3.63, 3.8) is 0 Å². The van der Waals surface area contributed by atoms with Gasteiger partial charge in [0.25, 0.3) is 0 Å². The standard InChI is InChI=1S/C33H26NP/c1-27-22-25-33(29(26-27)24-23-28-14-6-2-7-15-28)34-35(30-16-8-3-9-17-30,31-18-10-4-11-19-31)32-20-12-5-13-21-32/h2-22,25-26H,1H3. The molecule has 2 heteroatoms. The van der Waals surface area contributed by atoms with Crippen LogP contribution in [-0.4, -0.2) is 0 Å². The van der Waals surface area contributed by atoms with Crippen molar-refractivity contribution in [1.29, 1.82) is 0 Å². The summed E-state index contributed by atoms with van der Waals surface area (Å²) >= 11 is 0. The zero-order valence-electron chi connectivity index (χ0n) is 19.7. The van der Waals surface area contributed by atoms with Crippen LogP contribution >= 0.6 is 7.05 Å². The van der Waals surface area contributed by atoms with Crippen LogP contribution in [-0.2, 0) is 0 Å². The Kier molecular flexibility index (Phi) is 6.76. The van der Waals surface area contributed by atoms with Gasteiger partial charge < -0.3 is 0 Å². The highest BCUT2D eigenvalue weighted by atomic mass is 31.2. The van der Waals surface area contributed by atoms with E-state index in [0.717, 1.165) is 16.8 Å². The van der Waals surface area contributed by atoms with E-state index in [4.69, 9.17) is 4.74 Å². The van der Waals surface area contributed by atoms with Crippen molar-refractivity contribution in [1.82, 2.24) is 0 Å². The second-order valence-corrected chi connectivity index (χ2v) is 11.4. The van der Waals surface area contributed by atoms with Crippen molar-refractivity contribution in [2.24, 2.45) is 4.74 Å². The van der Waals surface area contributed by atoms with E-state index in [1.165, 1.54) is 21.5 Å². The number of hydrogen-bond donors (Lipinski definition) is 0. The zero-order chi connectivity index (χ0) is 23.9. The molecular weight excluding hydrogens is 441 g/mol. The van der Waals surface area contributed by atoms with Crippen LogP contribution in [0.15, 0.2) is 144 Å². The third-order valence-electron chi connectivity index (χ3n) is 5.91. The normalized spacial score (nSPS) is 10.8. The van der Waals surface area contributed by atoms with E-state index >= 15 is 0 Å². The third kappa shape index (κ3) is 4.90. The van der Waals surface area contributed by atoms with Crippen molar-refractivity contribution in [2.45, 2.75) is 6.92 Å². The monoisotopic (exact) mass is 467 g/mol. The van der Waals surface area contributed by atoms with Crippen molar-refractivity contribution >= 4 is 28.7 Å². The molecule has 5 rings (SSSR count). The first-order valence-electron chi connectivity index (χ1n) is 11.7. The first-order chi connectivity index (χ1) is 17.3. The summed E-state index contributed by atoms with van der Waals surface area (Å²) in [5.74, 6) is 6.76. The van der Waals surface area contributed by atoms with E-state index < -0.39 is 7.05 Å². The lowest BCUT2D eigenvalue weighted by Crippen LogP contribution is -2.25. The molecule has 0 radical (unpaired) electrons. The molecule has 0 amide bonds. The molecule has 0 saturated heterocycles. The molecule has 0 saturated carbocycles. The van der Waals surface area contributed by atoms with Crippen molar-refractivity contribution in [3.05, 3.63) is 156 Å². The minimum atomic E-state index is -2.36. The van der Waals surface area contributed by atoms with Gasteiger partial charge in [-0.1, -0.05) is 127 Å². The fourth-order valence-electron chi connectivity index (χ4n) is 4.21. The highest BCUT2D eigenvalue weighted by Crippen LogP contribution is 2.49. The topological polar surface area (TPSA) is 12.4 Å². The predicted molar refractivity (Wildman–Crippen MR) is 151 cm³/mol. The molecule has 0 heterocycles. The molecule has 0 spiro atoms. The highest BCUT2D eigenvalue weighted by Gasteiger charge is 2.27. The Labute approximate surface area is 208 Å². The average molecular weight is 468 g/mol. The van der Waals surface area contributed by atoms with Crippen molar-refractivity contribution in [2.75, 3.05) is 0 Å². The molecule has 1 nitrogen and oxygen atoms in total. The minimum absolute atomic E-state index is 0.920. The van der Waals surface area contributed by atoms with E-state index in [1.54, 1.807) is 0 Å². The van der Waals surface area contributed by atoms with Gasteiger partial charge in [-0.3, -0.25) is 4.74 Å². The molecule has 0 aromatic heterocycles. The Balaban J connectivity index is 1.84. The summed E-state index contributed by atoms with van der Waals surface area (Å²) in [6.07, 6.45) is 0. The number of benzene rings is 5. The predicted octanol–water partition coefficient (Wildman–Crippen LogP) is 7.20. The van der Waals surface area contributed by atoms with Gasteiger partial charge in [0.15, 0.2) is 0 Å². The lowest BCUT2D eigenvalue weighted by atomic mass is 10.1. The summed E-state index contributed by atoms with van der Waals surface area (Å²) in [6.45, 7) is 2.10. The van der Waals surface area contributed by atoms with Crippen LogP contribution in [0.1, 0.15) is 16.7 Å². The molecule has 0 fully saturated rings. The average Bonchev–Trinajstić information content (AvgIpc) is 2.93. The fraction of sp³-hybridized carbons (Fsp3) is 0.0303. The number of rotatable bonds is 4. The van der Waals surface area contributed by atoms with Crippen molar-refractivity contribution in [3.8, 4) is 11.8 Å². The minimum Gasteiger partial charge on any atom is -0.253 e. The second kappa shape index (κ2) is 10.4. The van der Waals surface area contributed by atoms with Gasteiger partial charge in [-0.25, -0.2) is 0 Å². The van der Waals surface area contributed by atoms with Gasteiger partial charge >= 0.3 is 0 Å². The van der Waals surface area contributed by atoms with Crippen LogP contribution in [0.25, 0.3) is 0 Å². The van der Waals surface area contributed by atoms with Crippen LogP contribution < -0.4 is 15.9 Å². The molecule has 0 unspecified atom stereocenters. The quantitative estimate of drug-likeness (QED) is 0.196. The summed E-state index contributed by atoms with van der Waals surface area (Å²) in [7, 11) is -2.36. The summed E-state index contributed by atoms with van der Waals surface area (Å²) in [5.41, 5.74) is 4.03. The van der Waals surface area contributed by atoms with E-state index in [0.29, 0.717) is 0 Å². The van der Waals surface area contributed by atoms with Crippen LogP contribution in [0, 0.1) is 18.8 Å². The van der Waals surface area contributed by atoms with Crippen LogP contribution in [0.4, 0.5) is 5.69 Å². The van der Waals surface area contributed by atoms with Gasteiger partial charge in [-0.2, -0.15) is 0 Å². The molecule has 35 heavy (non-hydrogen) atoms. The summed E-state index contributed by atoms with van der Waals surface area (Å²) in [4.78, 5) is 0. The van der Waals surface area contributed by atoms with E-state index in [1.807, 2.05) is 30.3 Å². The Hall–Kier alpha value is -4.11. The largest absolute Gasteiger partial charge is 0.253 e. The third-order valence-corrected chi connectivity index (χ3v) is 9.57. The SMILES string of the molecule is Cc1ccc(N=P(c2ccccc2)(c2ccccc2)c2ccccc2)c(C#Cc2ccccc2)c1. The lowest BCUT2D eigenvalue weighted by molar-refractivity contribution is 1.42. The molecule has 0 aliphatic carbocycles. The van der Waals surface area contributed by atoms with Gasteiger partial charge in [0.2, 0.25) is 0 Å². The molecule has 0 aliphatic rings. The van der Waals surface area contributed by atoms with Crippen LogP contribution in [0.5, 0.6) is 0 Å². The van der Waals surface area contributed by atoms with Gasteiger partial charge in [-0.15, -0.1) is 0 Å². The summed E-state index contributed by atoms with van der Waals surface area (Å²) in [6, 6.07) is 48.6. The zero-order valence-corrected chi connectivity index (χ0v) is 20.6. The maximum Gasteiger partial charge on any atom is 0.0782 e. The van der Waals surface area contributed by atoms with Crippen LogP contribution in [0.2, 0.25) is 0 Å². The maximum atomic E-state index is 5.66. The van der Waals surface area contributed by atoms with Gasteiger partial charge in [0.05, 0.1) is 18.3 Å². The molecule has 0 atom stereocenters. The molecule has 0 bridgehead atoms. The Morgan fingerprint density at radius 2 is 0.971 bits per heavy atom. The fourth-order valence-corrected chi connectivity index (χ4v) is 7.76. The first kappa shape index (κ1) is 22.7. The smallest absolute Gasteiger partial charge is 0.0782 e. The second-order valence-electron chi connectivity index (χ2n) is 8.38. The first-order valence-corrected chi connectivity index (χ1v) is 13.5. The molecule has 0 N–H and O–H groups in total. The lowest BCUT2D eigenvalue weighted by Gasteiger charge is -2.27. The van der Waals surface area contributed by atoms with Gasteiger partial charge in [0, 0.05) is 21.5 Å². The van der Waals surface area contributed by atoms with Crippen LogP contribution in [0.3, 0.4) is 0 Å². The van der Waals surface area contributed by atoms with Gasteiger partial charge in [-0.05, 0) is 36.8 Å². The molecule has 5 aromatic carbocycles. The summed E-state index contributed by atoms with van der Waals surface area (Å²) < 4.78 is 5.66. The maximum absolute atomic E-state index is 5.66. The Morgan fingerprint density at radius 1 is 0.514 bits per heavy atom. The molecule has 168 valence electrons. The van der Waals surface area contributed by atoms with E-state index in [2.05, 4.69) is 128 Å². The Morgan fingerprint density at radius 3 is 1.46 bits per heavy atom. The highest BCUT2D eigenvalue weighted by molar-refractivity contribution is 7.87. The number of nitrogens with zero attached hydrogens (tertiary/aromatic N) is 1. The molecule has 0 aliphatic heterocycles. The summed E-state index contributed by atoms with van der Waals surface area (Å²) in [5, 5.41) is 3.67. The van der Waals surface area contributed by atoms with Gasteiger partial charge in [0.1, 0.15) is 0 Å². The molecule has 5 aromatic rings. The van der Waals surface area contributed by atoms with E-state index in [9.17, 15) is 0 Å². The Bertz CT molecular complexity index is 1430. The van der Waals surface area contributed by atoms with E-state index in [-0.39, 0.29) is 0 Å². The van der Waals surface area contributed by atoms with Crippen molar-refractivity contribution < 1.29 is 0 Å². The number of hydrogen-bond acceptors (Lipinski definition) is 1. The number of aryl methyl sites for hydroxylation is 1.